The van der Waals surface area contributed by atoms with E-state index in [1.54, 1.807) is 6.07 Å². The smallest absolute Gasteiger partial charge is 0.187 e. The van der Waals surface area contributed by atoms with E-state index in [9.17, 15) is 4.79 Å². The third-order valence-corrected chi connectivity index (χ3v) is 4.99. The summed E-state index contributed by atoms with van der Waals surface area (Å²) in [6.07, 6.45) is 3.45. The van der Waals surface area contributed by atoms with E-state index < -0.39 is 0 Å². The van der Waals surface area contributed by atoms with Gasteiger partial charge in [0.05, 0.1) is 11.6 Å². The van der Waals surface area contributed by atoms with Gasteiger partial charge in [0.15, 0.2) is 5.52 Å². The second-order valence-corrected chi connectivity index (χ2v) is 7.15. The zero-order valence-electron chi connectivity index (χ0n) is 14.6. The van der Waals surface area contributed by atoms with Crippen LogP contribution in [0.2, 0.25) is 5.02 Å². The molecule has 2 aromatic rings. The number of benzene rings is 2. The quantitative estimate of drug-likeness (QED) is 0.379. The fourth-order valence-corrected chi connectivity index (χ4v) is 3.73. The number of carbonyl (C=O) groups is 1. The van der Waals surface area contributed by atoms with Gasteiger partial charge in [-0.3, -0.25) is 4.79 Å². The summed E-state index contributed by atoms with van der Waals surface area (Å²) in [5.74, 6) is 0.857. The zero-order valence-corrected chi connectivity index (χ0v) is 16.3. The first kappa shape index (κ1) is 21.3. The number of hydrogen-bond acceptors (Lipinski definition) is 2. The van der Waals surface area contributed by atoms with Crippen LogP contribution in [0.5, 0.6) is 5.75 Å². The Bertz CT molecular complexity index is 639. The second kappa shape index (κ2) is 11.0. The van der Waals surface area contributed by atoms with Crippen LogP contribution in [0.3, 0.4) is 0 Å². The molecule has 0 aliphatic carbocycles. The normalized spacial score (nSPS) is 10.6. The van der Waals surface area contributed by atoms with Crippen molar-refractivity contribution in [2.24, 2.45) is 0 Å². The molecule has 24 heavy (non-hydrogen) atoms. The maximum absolute atomic E-state index is 12.5. The minimum Gasteiger partial charge on any atom is -0.494 e. The van der Waals surface area contributed by atoms with Crippen molar-refractivity contribution in [1.82, 2.24) is 0 Å². The number of carbonyl (C=O) groups excluding carboxylic acids is 1. The third kappa shape index (κ3) is 6.27. The Morgan fingerprint density at radius 2 is 1.83 bits per heavy atom. The molecule has 0 aliphatic heterocycles. The molecule has 1 unspecified atom stereocenters. The van der Waals surface area contributed by atoms with Crippen LogP contribution < -0.4 is 10.0 Å². The molecule has 0 bridgehead atoms. The Labute approximate surface area is 163 Å². The number of halogens is 1. The van der Waals surface area contributed by atoms with E-state index in [1.165, 1.54) is 12.8 Å². The first-order chi connectivity index (χ1) is 11.1. The van der Waals surface area contributed by atoms with Gasteiger partial charge in [-0.15, -0.1) is 0 Å². The second-order valence-electron chi connectivity index (χ2n) is 5.47. The van der Waals surface area contributed by atoms with Crippen LogP contribution in [-0.4, -0.2) is 31.0 Å². The monoisotopic (exact) mass is 355 g/mol. The van der Waals surface area contributed by atoms with Crippen LogP contribution in [0.25, 0.3) is 0 Å². The molecule has 0 spiro atoms. The van der Waals surface area contributed by atoms with Gasteiger partial charge in [-0.25, -0.2) is 0 Å². The van der Waals surface area contributed by atoms with Crippen LogP contribution in [0.4, 0.5) is 0 Å². The van der Waals surface area contributed by atoms with Crippen molar-refractivity contribution < 1.29 is 9.53 Å². The van der Waals surface area contributed by atoms with E-state index in [2.05, 4.69) is 6.92 Å². The van der Waals surface area contributed by atoms with Crippen LogP contribution in [0, 0.1) is 6.92 Å². The molecular formula is C19H22ClLiO2P. The van der Waals surface area contributed by atoms with Gasteiger partial charge in [-0.05, 0) is 51.0 Å². The maximum atomic E-state index is 12.5. The Balaban J connectivity index is 0.00000288. The van der Waals surface area contributed by atoms with Crippen LogP contribution >= 0.6 is 20.2 Å². The Hall–Kier alpha value is -0.773. The molecular weight excluding hydrogens is 334 g/mol. The molecule has 0 amide bonds. The third-order valence-electron chi connectivity index (χ3n) is 3.58. The van der Waals surface area contributed by atoms with Crippen molar-refractivity contribution in [2.75, 3.05) is 6.61 Å². The number of rotatable bonds is 8. The van der Waals surface area contributed by atoms with Crippen LogP contribution in [0.15, 0.2) is 42.5 Å². The molecule has 2 aromatic carbocycles. The summed E-state index contributed by atoms with van der Waals surface area (Å²) in [4.78, 5) is 12.5. The molecule has 1 atom stereocenters. The van der Waals surface area contributed by atoms with Crippen molar-refractivity contribution in [3.63, 3.8) is 0 Å². The van der Waals surface area contributed by atoms with Gasteiger partial charge in [0, 0.05) is 24.4 Å². The van der Waals surface area contributed by atoms with Gasteiger partial charge in [0.2, 0.25) is 0 Å². The van der Waals surface area contributed by atoms with Gasteiger partial charge in [-0.2, -0.15) is 0 Å². The summed E-state index contributed by atoms with van der Waals surface area (Å²) in [5, 5.41) is 1.52. The maximum Gasteiger partial charge on any atom is 0.187 e. The Kier molecular flexibility index (Phi) is 9.72. The molecule has 0 heterocycles. The minimum atomic E-state index is 0. The molecule has 0 saturated carbocycles. The summed E-state index contributed by atoms with van der Waals surface area (Å²) in [5.41, 5.74) is 1.63. The van der Waals surface area contributed by atoms with Crippen LogP contribution in [-0.2, 0) is 0 Å². The van der Waals surface area contributed by atoms with Crippen molar-refractivity contribution in [1.29, 1.82) is 0 Å². The van der Waals surface area contributed by atoms with Gasteiger partial charge in [0.1, 0.15) is 5.75 Å². The summed E-state index contributed by atoms with van der Waals surface area (Å²) in [6.45, 7) is 4.83. The van der Waals surface area contributed by atoms with Crippen molar-refractivity contribution in [3.8, 4) is 5.75 Å². The van der Waals surface area contributed by atoms with E-state index >= 15 is 0 Å². The Morgan fingerprint density at radius 1 is 1.12 bits per heavy atom. The fourth-order valence-electron chi connectivity index (χ4n) is 2.29. The van der Waals surface area contributed by atoms with E-state index in [1.807, 2.05) is 43.3 Å². The minimum absolute atomic E-state index is 0. The first-order valence-corrected chi connectivity index (χ1v) is 9.29. The topological polar surface area (TPSA) is 26.3 Å². The summed E-state index contributed by atoms with van der Waals surface area (Å²) < 4.78 is 5.69. The predicted octanol–water partition coefficient (Wildman–Crippen LogP) is 4.98. The van der Waals surface area contributed by atoms with E-state index in [0.717, 1.165) is 29.6 Å². The average molecular weight is 356 g/mol. The van der Waals surface area contributed by atoms with Gasteiger partial charge >= 0.3 is 0 Å². The molecule has 5 heteroatoms. The van der Waals surface area contributed by atoms with Gasteiger partial charge in [-0.1, -0.05) is 55.6 Å². The predicted molar refractivity (Wildman–Crippen MR) is 106 cm³/mol. The average Bonchev–Trinajstić information content (AvgIpc) is 2.53. The van der Waals surface area contributed by atoms with Gasteiger partial charge in [0.25, 0.3) is 0 Å². The van der Waals surface area contributed by atoms with Crippen molar-refractivity contribution in [2.45, 2.75) is 33.1 Å². The molecule has 0 saturated heterocycles. The van der Waals surface area contributed by atoms with Gasteiger partial charge < -0.3 is 4.74 Å². The molecule has 0 N–H and O–H groups in total. The first-order valence-electron chi connectivity index (χ1n) is 7.91. The summed E-state index contributed by atoms with van der Waals surface area (Å²) >= 11 is 6.16. The summed E-state index contributed by atoms with van der Waals surface area (Å²) in [7, 11) is 0.0683. The molecule has 2 rings (SSSR count). The van der Waals surface area contributed by atoms with E-state index in [4.69, 9.17) is 16.3 Å². The van der Waals surface area contributed by atoms with E-state index in [-0.39, 0.29) is 33.0 Å². The largest absolute Gasteiger partial charge is 0.494 e. The molecule has 1 radical (unpaired) electrons. The molecule has 0 fully saturated rings. The summed E-state index contributed by atoms with van der Waals surface area (Å²) in [6, 6.07) is 13.3. The SMILES string of the molecule is CCCCCOc1ccc(PC(=O)c2c(C)cccc2Cl)cc1.[Li]. The zero-order chi connectivity index (χ0) is 16.7. The van der Waals surface area contributed by atoms with Crippen LogP contribution in [0.1, 0.15) is 42.1 Å². The molecule has 2 nitrogen and oxygen atoms in total. The standard InChI is InChI=1S/C19H22ClO2P.Li/c1-3-4-5-13-22-15-9-11-16(12-10-15)23-19(21)18-14(2)7-6-8-17(18)20;/h6-12,23H,3-5,13H2,1-2H3;. The molecule has 0 aliphatic rings. The Morgan fingerprint density at radius 3 is 2.46 bits per heavy atom. The fraction of sp³-hybridized carbons (Fsp3) is 0.316. The van der Waals surface area contributed by atoms with Crippen molar-refractivity contribution in [3.05, 3.63) is 58.6 Å². The number of hydrogen-bond donors (Lipinski definition) is 0. The van der Waals surface area contributed by atoms with E-state index in [0.29, 0.717) is 10.6 Å². The number of aryl methyl sites for hydroxylation is 1. The molecule has 123 valence electrons. The molecule has 0 aromatic heterocycles. The van der Waals surface area contributed by atoms with Crippen molar-refractivity contribution >= 4 is 49.9 Å². The number of unbranched alkanes of at least 4 members (excludes halogenated alkanes) is 2. The number of ether oxygens (including phenoxy) is 1.